The standard InChI is InChI=1S/C11H18N2O4.H2/c1-2-9(14)7-5-13(6-8(7)12)10(15)3-4-11(16)17;/h7-8H,2-6,12H2,1H3,(H,16,17);1H/t7-,8-;/m0./s1. The Hall–Kier alpha value is -1.43. The van der Waals surface area contributed by atoms with Gasteiger partial charge in [0.05, 0.1) is 12.3 Å². The number of carboxylic acid groups (broad SMARTS) is 1. The van der Waals surface area contributed by atoms with Gasteiger partial charge in [0.1, 0.15) is 5.78 Å². The Morgan fingerprint density at radius 1 is 1.35 bits per heavy atom. The second-order valence-electron chi connectivity index (χ2n) is 4.28. The molecule has 1 aliphatic heterocycles. The zero-order chi connectivity index (χ0) is 13.0. The first kappa shape index (κ1) is 13.6. The number of Topliss-reactive ketones (excluding diaryl/α,β-unsaturated/α-hetero) is 1. The molecule has 1 fully saturated rings. The van der Waals surface area contributed by atoms with Crippen molar-refractivity contribution in [3.05, 3.63) is 0 Å². The molecule has 1 heterocycles. The molecular weight excluding hydrogens is 224 g/mol. The first-order chi connectivity index (χ1) is 7.95. The van der Waals surface area contributed by atoms with Gasteiger partial charge in [0.2, 0.25) is 5.91 Å². The van der Waals surface area contributed by atoms with E-state index in [4.69, 9.17) is 10.8 Å². The summed E-state index contributed by atoms with van der Waals surface area (Å²) in [6, 6.07) is -0.323. The fourth-order valence-electron chi connectivity index (χ4n) is 2.01. The van der Waals surface area contributed by atoms with Gasteiger partial charge in [0.25, 0.3) is 0 Å². The lowest BCUT2D eigenvalue weighted by Crippen LogP contribution is -2.34. The van der Waals surface area contributed by atoms with Crippen LogP contribution in [0.5, 0.6) is 0 Å². The molecule has 0 aromatic carbocycles. The molecule has 0 aromatic rings. The van der Waals surface area contributed by atoms with Crippen LogP contribution in [0.1, 0.15) is 27.6 Å². The minimum Gasteiger partial charge on any atom is -0.481 e. The van der Waals surface area contributed by atoms with Crippen LogP contribution in [0.3, 0.4) is 0 Å². The number of ketones is 1. The third kappa shape index (κ3) is 3.52. The van der Waals surface area contributed by atoms with Gasteiger partial charge in [-0.15, -0.1) is 0 Å². The highest BCUT2D eigenvalue weighted by Crippen LogP contribution is 2.18. The predicted molar refractivity (Wildman–Crippen MR) is 62.3 cm³/mol. The van der Waals surface area contributed by atoms with Crippen molar-refractivity contribution in [2.45, 2.75) is 32.2 Å². The number of hydrogen-bond donors (Lipinski definition) is 2. The van der Waals surface area contributed by atoms with E-state index < -0.39 is 5.97 Å². The first-order valence-electron chi connectivity index (χ1n) is 5.73. The predicted octanol–water partition coefficient (Wildman–Crippen LogP) is -0.138. The van der Waals surface area contributed by atoms with Gasteiger partial charge in [-0.05, 0) is 0 Å². The second-order valence-corrected chi connectivity index (χ2v) is 4.28. The number of aliphatic carboxylic acids is 1. The molecule has 17 heavy (non-hydrogen) atoms. The minimum absolute atomic E-state index is 0. The Balaban J connectivity index is 0.00000289. The lowest BCUT2D eigenvalue weighted by atomic mass is 9.98. The normalized spacial score (nSPS) is 23.8. The number of hydrogen-bond acceptors (Lipinski definition) is 4. The maximum Gasteiger partial charge on any atom is 0.303 e. The third-order valence-electron chi connectivity index (χ3n) is 3.03. The summed E-state index contributed by atoms with van der Waals surface area (Å²) in [5.74, 6) is -1.47. The minimum atomic E-state index is -0.997. The average Bonchev–Trinajstić information content (AvgIpc) is 2.67. The summed E-state index contributed by atoms with van der Waals surface area (Å²) in [4.78, 5) is 35.0. The van der Waals surface area contributed by atoms with E-state index in [1.807, 2.05) is 0 Å². The highest BCUT2D eigenvalue weighted by Gasteiger charge is 2.36. The Bertz CT molecular complexity index is 335. The van der Waals surface area contributed by atoms with Gasteiger partial charge < -0.3 is 15.7 Å². The van der Waals surface area contributed by atoms with Crippen LogP contribution in [-0.4, -0.2) is 46.8 Å². The molecule has 0 aromatic heterocycles. The van der Waals surface area contributed by atoms with Crippen molar-refractivity contribution < 1.29 is 20.9 Å². The number of carbonyl (C=O) groups excluding carboxylic acids is 2. The Morgan fingerprint density at radius 3 is 2.53 bits per heavy atom. The summed E-state index contributed by atoms with van der Waals surface area (Å²) in [6.45, 7) is 2.44. The van der Waals surface area contributed by atoms with Crippen molar-refractivity contribution in [3.63, 3.8) is 0 Å². The van der Waals surface area contributed by atoms with Gasteiger partial charge in [-0.1, -0.05) is 6.92 Å². The van der Waals surface area contributed by atoms with Crippen LogP contribution in [0.25, 0.3) is 0 Å². The molecule has 0 saturated carbocycles. The van der Waals surface area contributed by atoms with Crippen molar-refractivity contribution >= 4 is 17.7 Å². The summed E-state index contributed by atoms with van der Waals surface area (Å²) >= 11 is 0. The zero-order valence-corrected chi connectivity index (χ0v) is 9.89. The molecule has 6 nitrogen and oxygen atoms in total. The summed E-state index contributed by atoms with van der Waals surface area (Å²) < 4.78 is 0. The van der Waals surface area contributed by atoms with E-state index in [9.17, 15) is 14.4 Å². The van der Waals surface area contributed by atoms with Crippen molar-refractivity contribution in [1.29, 1.82) is 0 Å². The molecule has 0 radical (unpaired) electrons. The fourth-order valence-corrected chi connectivity index (χ4v) is 2.01. The quantitative estimate of drug-likeness (QED) is 0.701. The molecule has 0 bridgehead atoms. The van der Waals surface area contributed by atoms with Crippen molar-refractivity contribution in [3.8, 4) is 0 Å². The molecule has 2 atom stereocenters. The summed E-state index contributed by atoms with van der Waals surface area (Å²) in [5.41, 5.74) is 5.81. The maximum atomic E-state index is 11.6. The molecule has 0 spiro atoms. The Morgan fingerprint density at radius 2 is 2.00 bits per heavy atom. The van der Waals surface area contributed by atoms with Crippen LogP contribution in [0.15, 0.2) is 0 Å². The fraction of sp³-hybridized carbons (Fsp3) is 0.727. The molecule has 0 aliphatic carbocycles. The van der Waals surface area contributed by atoms with Crippen LogP contribution in [0.2, 0.25) is 0 Å². The van der Waals surface area contributed by atoms with Gasteiger partial charge in [0.15, 0.2) is 0 Å². The van der Waals surface area contributed by atoms with E-state index in [0.29, 0.717) is 19.5 Å². The van der Waals surface area contributed by atoms with E-state index in [-0.39, 0.29) is 37.9 Å². The number of likely N-dealkylation sites (tertiary alicyclic amines) is 1. The van der Waals surface area contributed by atoms with Crippen molar-refractivity contribution in [2.24, 2.45) is 11.7 Å². The van der Waals surface area contributed by atoms with E-state index in [2.05, 4.69) is 0 Å². The van der Waals surface area contributed by atoms with E-state index in [1.165, 1.54) is 4.90 Å². The molecule has 1 aliphatic rings. The lowest BCUT2D eigenvalue weighted by Gasteiger charge is -2.15. The topological polar surface area (TPSA) is 101 Å². The molecule has 1 saturated heterocycles. The van der Waals surface area contributed by atoms with Gasteiger partial charge in [-0.3, -0.25) is 14.4 Å². The van der Waals surface area contributed by atoms with Crippen LogP contribution in [0.4, 0.5) is 0 Å². The molecule has 1 rings (SSSR count). The molecule has 0 unspecified atom stereocenters. The number of carbonyl (C=O) groups is 3. The zero-order valence-electron chi connectivity index (χ0n) is 9.89. The lowest BCUT2D eigenvalue weighted by molar-refractivity contribution is -0.140. The van der Waals surface area contributed by atoms with Gasteiger partial charge >= 0.3 is 5.97 Å². The van der Waals surface area contributed by atoms with Crippen LogP contribution in [-0.2, 0) is 14.4 Å². The molecule has 98 valence electrons. The summed E-state index contributed by atoms with van der Waals surface area (Å²) in [5, 5.41) is 8.49. The Kier molecular flexibility index (Phi) is 4.62. The van der Waals surface area contributed by atoms with E-state index in [1.54, 1.807) is 6.92 Å². The number of carboxylic acids is 1. The monoisotopic (exact) mass is 244 g/mol. The van der Waals surface area contributed by atoms with Crippen LogP contribution >= 0.6 is 0 Å². The maximum absolute atomic E-state index is 11.6. The highest BCUT2D eigenvalue weighted by atomic mass is 16.4. The summed E-state index contributed by atoms with van der Waals surface area (Å²) in [7, 11) is 0. The molecular formula is C11H20N2O4. The first-order valence-corrected chi connectivity index (χ1v) is 5.73. The second kappa shape index (κ2) is 5.77. The third-order valence-corrected chi connectivity index (χ3v) is 3.03. The van der Waals surface area contributed by atoms with Crippen molar-refractivity contribution in [1.82, 2.24) is 4.90 Å². The molecule has 6 heteroatoms. The van der Waals surface area contributed by atoms with Crippen LogP contribution in [0, 0.1) is 5.92 Å². The summed E-state index contributed by atoms with van der Waals surface area (Å²) in [6.07, 6.45) is 0.196. The van der Waals surface area contributed by atoms with Gasteiger partial charge in [-0.25, -0.2) is 0 Å². The van der Waals surface area contributed by atoms with E-state index >= 15 is 0 Å². The van der Waals surface area contributed by atoms with Crippen LogP contribution < -0.4 is 5.73 Å². The number of rotatable bonds is 5. The number of nitrogens with zero attached hydrogens (tertiary/aromatic N) is 1. The number of nitrogens with two attached hydrogens (primary N) is 1. The highest BCUT2D eigenvalue weighted by molar-refractivity contribution is 5.85. The smallest absolute Gasteiger partial charge is 0.303 e. The number of amides is 1. The molecule has 3 N–H and O–H groups in total. The van der Waals surface area contributed by atoms with E-state index in [0.717, 1.165) is 0 Å². The van der Waals surface area contributed by atoms with Gasteiger partial charge in [-0.2, -0.15) is 0 Å². The molecule has 1 amide bonds. The largest absolute Gasteiger partial charge is 0.481 e. The Labute approximate surface area is 101 Å². The van der Waals surface area contributed by atoms with Crippen molar-refractivity contribution in [2.75, 3.05) is 13.1 Å². The van der Waals surface area contributed by atoms with Gasteiger partial charge in [0, 0.05) is 33.4 Å². The average molecular weight is 244 g/mol. The SMILES string of the molecule is CCC(=O)[C@H]1CN(C(=O)CCC(=O)O)C[C@@H]1N.[HH].